The van der Waals surface area contributed by atoms with E-state index in [-0.39, 0.29) is 11.2 Å². The predicted molar refractivity (Wildman–Crippen MR) is 73.5 cm³/mol. The molecule has 1 fully saturated rings. The van der Waals surface area contributed by atoms with Crippen LogP contribution in [0.3, 0.4) is 0 Å². The van der Waals surface area contributed by atoms with Crippen molar-refractivity contribution in [2.24, 2.45) is 11.3 Å². The largest absolute Gasteiger partial charge is 0.207 e. The first kappa shape index (κ1) is 13.5. The molecule has 0 amide bonds. The minimum absolute atomic E-state index is 0.242. The van der Waals surface area contributed by atoms with Gasteiger partial charge in [0, 0.05) is 4.47 Å². The highest BCUT2D eigenvalue weighted by Crippen LogP contribution is 2.41. The maximum absolute atomic E-state index is 13.1. The van der Waals surface area contributed by atoms with Crippen molar-refractivity contribution in [3.63, 3.8) is 0 Å². The van der Waals surface area contributed by atoms with Crippen molar-refractivity contribution in [1.29, 1.82) is 5.26 Å². The summed E-state index contributed by atoms with van der Waals surface area (Å²) in [4.78, 5) is 0. The second-order valence-electron chi connectivity index (χ2n) is 5.49. The topological polar surface area (TPSA) is 23.8 Å². The van der Waals surface area contributed by atoms with Gasteiger partial charge in [0.05, 0.1) is 11.5 Å². The molecule has 96 valence electrons. The van der Waals surface area contributed by atoms with Gasteiger partial charge in [-0.3, -0.25) is 0 Å². The summed E-state index contributed by atoms with van der Waals surface area (Å²) < 4.78 is 13.8. The van der Waals surface area contributed by atoms with Gasteiger partial charge in [0.2, 0.25) is 0 Å². The van der Waals surface area contributed by atoms with Gasteiger partial charge < -0.3 is 0 Å². The van der Waals surface area contributed by atoms with Crippen LogP contribution in [0.4, 0.5) is 4.39 Å². The summed E-state index contributed by atoms with van der Waals surface area (Å²) in [6.45, 7) is 2.25. The quantitative estimate of drug-likeness (QED) is 0.766. The van der Waals surface area contributed by atoms with Gasteiger partial charge in [-0.05, 0) is 55.7 Å². The van der Waals surface area contributed by atoms with Gasteiger partial charge in [0.1, 0.15) is 5.82 Å². The fourth-order valence-electron chi connectivity index (χ4n) is 2.67. The lowest BCUT2D eigenvalue weighted by atomic mass is 9.69. The Bertz CT molecular complexity index is 470. The van der Waals surface area contributed by atoms with Crippen LogP contribution >= 0.6 is 15.9 Å². The summed E-state index contributed by atoms with van der Waals surface area (Å²) in [5, 5.41) is 9.50. The highest BCUT2D eigenvalue weighted by Gasteiger charge is 2.34. The summed E-state index contributed by atoms with van der Waals surface area (Å²) in [7, 11) is 0. The molecule has 3 heteroatoms. The number of hydrogen-bond acceptors (Lipinski definition) is 1. The molecule has 1 aromatic carbocycles. The Labute approximate surface area is 116 Å². The number of halogens is 2. The van der Waals surface area contributed by atoms with E-state index in [4.69, 9.17) is 0 Å². The standard InChI is InChI=1S/C15H17BrFN/c1-11-4-6-15(10-18,7-5-11)9-12-2-3-13(17)8-14(12)16/h2-3,8,11H,4-7,9H2,1H3. The molecule has 0 unspecified atom stereocenters. The van der Waals surface area contributed by atoms with E-state index in [1.54, 1.807) is 6.07 Å². The van der Waals surface area contributed by atoms with Crippen LogP contribution < -0.4 is 0 Å². The predicted octanol–water partition coefficient (Wildman–Crippen LogP) is 4.85. The molecule has 0 spiro atoms. The fourth-order valence-corrected chi connectivity index (χ4v) is 3.16. The molecule has 0 heterocycles. The van der Waals surface area contributed by atoms with E-state index in [9.17, 15) is 9.65 Å². The first-order chi connectivity index (χ1) is 8.54. The minimum Gasteiger partial charge on any atom is -0.207 e. The van der Waals surface area contributed by atoms with E-state index in [1.807, 2.05) is 0 Å². The second kappa shape index (κ2) is 5.40. The molecule has 1 nitrogen and oxygen atoms in total. The van der Waals surface area contributed by atoms with Crippen molar-refractivity contribution < 1.29 is 4.39 Å². The Morgan fingerprint density at radius 2 is 2.11 bits per heavy atom. The molecule has 1 aliphatic carbocycles. The molecular weight excluding hydrogens is 293 g/mol. The van der Waals surface area contributed by atoms with Gasteiger partial charge >= 0.3 is 0 Å². The number of nitriles is 1. The molecule has 1 aromatic rings. The Morgan fingerprint density at radius 3 is 2.67 bits per heavy atom. The van der Waals surface area contributed by atoms with Crippen molar-refractivity contribution in [2.75, 3.05) is 0 Å². The summed E-state index contributed by atoms with van der Waals surface area (Å²) in [5.74, 6) is 0.483. The normalized spacial score (nSPS) is 27.8. The van der Waals surface area contributed by atoms with Crippen LogP contribution in [0.15, 0.2) is 22.7 Å². The van der Waals surface area contributed by atoms with Crippen molar-refractivity contribution in [1.82, 2.24) is 0 Å². The van der Waals surface area contributed by atoms with Crippen LogP contribution in [0.25, 0.3) is 0 Å². The van der Waals surface area contributed by atoms with Crippen LogP contribution in [-0.2, 0) is 6.42 Å². The monoisotopic (exact) mass is 309 g/mol. The lowest BCUT2D eigenvalue weighted by molar-refractivity contribution is 0.218. The maximum atomic E-state index is 13.1. The zero-order valence-electron chi connectivity index (χ0n) is 10.5. The summed E-state index contributed by atoms with van der Waals surface area (Å²) >= 11 is 3.39. The molecule has 0 N–H and O–H groups in total. The summed E-state index contributed by atoms with van der Waals surface area (Å²) in [6.07, 6.45) is 4.86. The van der Waals surface area contributed by atoms with Crippen molar-refractivity contribution in [3.8, 4) is 6.07 Å². The van der Waals surface area contributed by atoms with Gasteiger partial charge in [-0.1, -0.05) is 28.9 Å². The van der Waals surface area contributed by atoms with Crippen LogP contribution in [0.5, 0.6) is 0 Å². The van der Waals surface area contributed by atoms with Crippen molar-refractivity contribution >= 4 is 15.9 Å². The Morgan fingerprint density at radius 1 is 1.44 bits per heavy atom. The summed E-state index contributed by atoms with van der Waals surface area (Å²) in [6, 6.07) is 7.25. The van der Waals surface area contributed by atoms with Crippen LogP contribution in [0.1, 0.15) is 38.2 Å². The second-order valence-corrected chi connectivity index (χ2v) is 6.34. The van der Waals surface area contributed by atoms with Gasteiger partial charge in [0.15, 0.2) is 0 Å². The van der Waals surface area contributed by atoms with Crippen LogP contribution in [-0.4, -0.2) is 0 Å². The molecule has 0 bridgehead atoms. The van der Waals surface area contributed by atoms with E-state index in [0.29, 0.717) is 0 Å². The molecular formula is C15H17BrFN. The van der Waals surface area contributed by atoms with Gasteiger partial charge in [-0.15, -0.1) is 0 Å². The highest BCUT2D eigenvalue weighted by atomic mass is 79.9. The average molecular weight is 310 g/mol. The Kier molecular flexibility index (Phi) is 4.07. The van der Waals surface area contributed by atoms with E-state index in [2.05, 4.69) is 28.9 Å². The molecule has 18 heavy (non-hydrogen) atoms. The number of rotatable bonds is 2. The van der Waals surface area contributed by atoms with Crippen LogP contribution in [0, 0.1) is 28.5 Å². The molecule has 1 saturated carbocycles. The van der Waals surface area contributed by atoms with Gasteiger partial charge in [-0.2, -0.15) is 5.26 Å². The third-order valence-electron chi connectivity index (χ3n) is 4.01. The highest BCUT2D eigenvalue weighted by molar-refractivity contribution is 9.10. The molecule has 2 rings (SSSR count). The van der Waals surface area contributed by atoms with Crippen molar-refractivity contribution in [2.45, 2.75) is 39.0 Å². The number of benzene rings is 1. The van der Waals surface area contributed by atoms with E-state index < -0.39 is 0 Å². The zero-order chi connectivity index (χ0) is 13.2. The first-order valence-electron chi connectivity index (χ1n) is 6.40. The Balaban J connectivity index is 2.18. The Hall–Kier alpha value is -0.880. The third kappa shape index (κ3) is 2.92. The molecule has 0 saturated heterocycles. The number of nitrogens with zero attached hydrogens (tertiary/aromatic N) is 1. The maximum Gasteiger partial charge on any atom is 0.124 e. The third-order valence-corrected chi connectivity index (χ3v) is 4.75. The minimum atomic E-state index is -0.257. The molecule has 0 radical (unpaired) electrons. The van der Waals surface area contributed by atoms with E-state index >= 15 is 0 Å². The molecule has 0 atom stereocenters. The van der Waals surface area contributed by atoms with Crippen molar-refractivity contribution in [3.05, 3.63) is 34.1 Å². The molecule has 1 aliphatic rings. The van der Waals surface area contributed by atoms with Crippen LogP contribution in [0.2, 0.25) is 0 Å². The molecule has 0 aromatic heterocycles. The SMILES string of the molecule is CC1CCC(C#N)(Cc2ccc(F)cc2Br)CC1. The smallest absolute Gasteiger partial charge is 0.124 e. The summed E-state index contributed by atoms with van der Waals surface area (Å²) in [5.41, 5.74) is 0.778. The zero-order valence-corrected chi connectivity index (χ0v) is 12.1. The molecule has 0 aliphatic heterocycles. The lowest BCUT2D eigenvalue weighted by Crippen LogP contribution is -2.27. The van der Waals surface area contributed by atoms with Gasteiger partial charge in [0.25, 0.3) is 0 Å². The number of hydrogen-bond donors (Lipinski definition) is 0. The fraction of sp³-hybridized carbons (Fsp3) is 0.533. The van der Waals surface area contributed by atoms with E-state index in [0.717, 1.165) is 48.1 Å². The average Bonchev–Trinajstić information content (AvgIpc) is 2.36. The van der Waals surface area contributed by atoms with Gasteiger partial charge in [-0.25, -0.2) is 4.39 Å². The first-order valence-corrected chi connectivity index (χ1v) is 7.19. The lowest BCUT2D eigenvalue weighted by Gasteiger charge is -2.34. The van der Waals surface area contributed by atoms with E-state index in [1.165, 1.54) is 12.1 Å².